The van der Waals surface area contributed by atoms with Crippen LogP contribution in [-0.4, -0.2) is 35.0 Å². The van der Waals surface area contributed by atoms with Gasteiger partial charge in [0, 0.05) is 20.1 Å². The van der Waals surface area contributed by atoms with Gasteiger partial charge in [-0.05, 0) is 13.8 Å². The molecule has 0 spiro atoms. The van der Waals surface area contributed by atoms with E-state index in [-0.39, 0.29) is 11.7 Å². The van der Waals surface area contributed by atoms with Gasteiger partial charge in [-0.3, -0.25) is 10.1 Å². The Morgan fingerprint density at radius 3 is 2.62 bits per heavy atom. The highest BCUT2D eigenvalue weighted by molar-refractivity contribution is 5.58. The zero-order valence-electron chi connectivity index (χ0n) is 9.76. The summed E-state index contributed by atoms with van der Waals surface area (Å²) in [5, 5.41) is 13.6. The number of rotatable bonds is 4. The van der Waals surface area contributed by atoms with E-state index in [1.165, 1.54) is 6.20 Å². The summed E-state index contributed by atoms with van der Waals surface area (Å²) in [7, 11) is 3.43. The standard InChI is InChI=1S/C9H15N5O2/c1-6(2)13(4)8-7(14(15)16)5-11-9(10-3)12-8/h5-6H,1-4H3,(H,10,11,12). The summed E-state index contributed by atoms with van der Waals surface area (Å²) in [6, 6.07) is 0.123. The van der Waals surface area contributed by atoms with Crippen molar-refractivity contribution in [1.82, 2.24) is 9.97 Å². The van der Waals surface area contributed by atoms with Gasteiger partial charge in [-0.2, -0.15) is 4.98 Å². The fraction of sp³-hybridized carbons (Fsp3) is 0.556. The van der Waals surface area contributed by atoms with Crippen molar-refractivity contribution in [2.45, 2.75) is 19.9 Å². The molecule has 1 aromatic heterocycles. The van der Waals surface area contributed by atoms with Gasteiger partial charge in [-0.15, -0.1) is 0 Å². The molecule has 0 saturated heterocycles. The van der Waals surface area contributed by atoms with E-state index in [1.54, 1.807) is 19.0 Å². The van der Waals surface area contributed by atoms with Gasteiger partial charge in [0.05, 0.1) is 4.92 Å². The zero-order chi connectivity index (χ0) is 12.3. The lowest BCUT2D eigenvalue weighted by Crippen LogP contribution is -2.27. The number of nitrogens with one attached hydrogen (secondary N) is 1. The first-order chi connectivity index (χ1) is 7.47. The summed E-state index contributed by atoms with van der Waals surface area (Å²) < 4.78 is 0. The fourth-order valence-corrected chi connectivity index (χ4v) is 1.12. The second kappa shape index (κ2) is 4.73. The van der Waals surface area contributed by atoms with Crippen molar-refractivity contribution >= 4 is 17.5 Å². The molecule has 88 valence electrons. The predicted octanol–water partition coefficient (Wildman–Crippen LogP) is 1.27. The molecule has 0 aliphatic rings. The minimum Gasteiger partial charge on any atom is -0.357 e. The Kier molecular flexibility index (Phi) is 3.60. The maximum atomic E-state index is 10.8. The number of nitrogens with zero attached hydrogens (tertiary/aromatic N) is 4. The minimum absolute atomic E-state index is 0.0878. The molecule has 1 rings (SSSR count). The van der Waals surface area contributed by atoms with Gasteiger partial charge in [0.2, 0.25) is 11.8 Å². The molecule has 0 atom stereocenters. The summed E-state index contributed by atoms with van der Waals surface area (Å²) >= 11 is 0. The van der Waals surface area contributed by atoms with E-state index in [4.69, 9.17) is 0 Å². The molecule has 0 aliphatic carbocycles. The van der Waals surface area contributed by atoms with Crippen LogP contribution in [0, 0.1) is 10.1 Å². The molecule has 1 N–H and O–H groups in total. The van der Waals surface area contributed by atoms with Crippen LogP contribution in [0.4, 0.5) is 17.5 Å². The van der Waals surface area contributed by atoms with E-state index in [0.717, 1.165) is 0 Å². The second-order valence-corrected chi connectivity index (χ2v) is 3.61. The van der Waals surface area contributed by atoms with Crippen molar-refractivity contribution in [3.8, 4) is 0 Å². The van der Waals surface area contributed by atoms with Crippen LogP contribution < -0.4 is 10.2 Å². The van der Waals surface area contributed by atoms with Gasteiger partial charge >= 0.3 is 5.69 Å². The van der Waals surface area contributed by atoms with E-state index in [2.05, 4.69) is 15.3 Å². The topological polar surface area (TPSA) is 84.2 Å². The molecule has 0 aromatic carbocycles. The first kappa shape index (κ1) is 12.2. The van der Waals surface area contributed by atoms with Crippen molar-refractivity contribution in [1.29, 1.82) is 0 Å². The van der Waals surface area contributed by atoms with Gasteiger partial charge in [-0.25, -0.2) is 4.98 Å². The highest BCUT2D eigenvalue weighted by Gasteiger charge is 2.21. The smallest absolute Gasteiger partial charge is 0.329 e. The number of nitro groups is 1. The van der Waals surface area contributed by atoms with Gasteiger partial charge in [0.25, 0.3) is 0 Å². The monoisotopic (exact) mass is 225 g/mol. The van der Waals surface area contributed by atoms with Crippen molar-refractivity contribution in [3.05, 3.63) is 16.3 Å². The Morgan fingerprint density at radius 2 is 2.19 bits per heavy atom. The third-order valence-corrected chi connectivity index (χ3v) is 2.28. The average Bonchev–Trinajstić information content (AvgIpc) is 2.26. The lowest BCUT2D eigenvalue weighted by atomic mass is 10.3. The summed E-state index contributed by atoms with van der Waals surface area (Å²) in [4.78, 5) is 20.0. The van der Waals surface area contributed by atoms with E-state index in [1.807, 2.05) is 13.8 Å². The fourth-order valence-electron chi connectivity index (χ4n) is 1.12. The Labute approximate surface area is 93.7 Å². The van der Waals surface area contributed by atoms with Crippen LogP contribution in [0.15, 0.2) is 6.20 Å². The largest absolute Gasteiger partial charge is 0.357 e. The molecule has 16 heavy (non-hydrogen) atoms. The highest BCUT2D eigenvalue weighted by atomic mass is 16.6. The summed E-state index contributed by atoms with van der Waals surface area (Å²) in [6.45, 7) is 3.87. The molecule has 0 aliphatic heterocycles. The molecule has 1 heterocycles. The molecular formula is C9H15N5O2. The molecule has 7 heteroatoms. The van der Waals surface area contributed by atoms with Crippen LogP contribution in [-0.2, 0) is 0 Å². The molecule has 0 fully saturated rings. The van der Waals surface area contributed by atoms with E-state index in [0.29, 0.717) is 11.8 Å². The van der Waals surface area contributed by atoms with Crippen molar-refractivity contribution in [3.63, 3.8) is 0 Å². The van der Waals surface area contributed by atoms with E-state index in [9.17, 15) is 10.1 Å². The van der Waals surface area contributed by atoms with Crippen LogP contribution >= 0.6 is 0 Å². The van der Waals surface area contributed by atoms with Crippen LogP contribution in [0.2, 0.25) is 0 Å². The molecule has 1 aromatic rings. The molecule has 0 amide bonds. The molecule has 0 bridgehead atoms. The first-order valence-corrected chi connectivity index (χ1v) is 4.89. The predicted molar refractivity (Wildman–Crippen MR) is 61.8 cm³/mol. The highest BCUT2D eigenvalue weighted by Crippen LogP contribution is 2.26. The molecular weight excluding hydrogens is 210 g/mol. The van der Waals surface area contributed by atoms with Crippen molar-refractivity contribution in [2.24, 2.45) is 0 Å². The molecule has 0 radical (unpaired) electrons. The number of aromatic nitrogens is 2. The Hall–Kier alpha value is -1.92. The summed E-state index contributed by atoms with van der Waals surface area (Å²) in [5.74, 6) is 0.687. The lowest BCUT2D eigenvalue weighted by Gasteiger charge is -2.22. The minimum atomic E-state index is -0.479. The van der Waals surface area contributed by atoms with E-state index < -0.39 is 4.92 Å². The van der Waals surface area contributed by atoms with Crippen LogP contribution in [0.3, 0.4) is 0 Å². The van der Waals surface area contributed by atoms with Gasteiger partial charge in [0.15, 0.2) is 0 Å². The van der Waals surface area contributed by atoms with Gasteiger partial charge in [0.1, 0.15) is 6.20 Å². The molecule has 0 saturated carbocycles. The summed E-state index contributed by atoms with van der Waals surface area (Å²) in [5.41, 5.74) is -0.0878. The SMILES string of the molecule is CNc1ncc([N+](=O)[O-])c(N(C)C(C)C)n1. The number of anilines is 2. The molecule has 0 unspecified atom stereocenters. The quantitative estimate of drug-likeness (QED) is 0.613. The lowest BCUT2D eigenvalue weighted by molar-refractivity contribution is -0.384. The van der Waals surface area contributed by atoms with Crippen LogP contribution in [0.1, 0.15) is 13.8 Å². The van der Waals surface area contributed by atoms with Gasteiger partial charge in [-0.1, -0.05) is 0 Å². The third kappa shape index (κ3) is 2.36. The first-order valence-electron chi connectivity index (χ1n) is 4.89. The van der Waals surface area contributed by atoms with Crippen LogP contribution in [0.25, 0.3) is 0 Å². The Bertz CT molecular complexity index is 393. The normalized spacial score (nSPS) is 10.3. The zero-order valence-corrected chi connectivity index (χ0v) is 9.76. The average molecular weight is 225 g/mol. The van der Waals surface area contributed by atoms with Crippen molar-refractivity contribution < 1.29 is 4.92 Å². The Morgan fingerprint density at radius 1 is 1.56 bits per heavy atom. The van der Waals surface area contributed by atoms with Crippen LogP contribution in [0.5, 0.6) is 0 Å². The van der Waals surface area contributed by atoms with E-state index >= 15 is 0 Å². The van der Waals surface area contributed by atoms with Gasteiger partial charge < -0.3 is 10.2 Å². The molecule has 7 nitrogen and oxygen atoms in total. The summed E-state index contributed by atoms with van der Waals surface area (Å²) in [6.07, 6.45) is 1.22. The maximum Gasteiger partial charge on any atom is 0.329 e. The second-order valence-electron chi connectivity index (χ2n) is 3.61. The van der Waals surface area contributed by atoms with Crippen molar-refractivity contribution in [2.75, 3.05) is 24.3 Å². The maximum absolute atomic E-state index is 10.8. The Balaban J connectivity index is 3.25. The third-order valence-electron chi connectivity index (χ3n) is 2.28. The number of hydrogen-bond donors (Lipinski definition) is 1. The number of hydrogen-bond acceptors (Lipinski definition) is 6.